The average Bonchev–Trinajstić information content (AvgIpc) is 3.15. The number of hydrogen-bond donors (Lipinski definition) is 2. The van der Waals surface area contributed by atoms with Crippen LogP contribution in [0, 0.1) is 0 Å². The summed E-state index contributed by atoms with van der Waals surface area (Å²) >= 11 is 1.67. The van der Waals surface area contributed by atoms with E-state index in [1.54, 1.807) is 11.3 Å². The molecule has 1 amide bonds. The minimum absolute atomic E-state index is 0. The Morgan fingerprint density at radius 1 is 1.27 bits per heavy atom. The van der Waals surface area contributed by atoms with Crippen LogP contribution in [0.2, 0.25) is 0 Å². The summed E-state index contributed by atoms with van der Waals surface area (Å²) in [4.78, 5) is 13.7. The summed E-state index contributed by atoms with van der Waals surface area (Å²) in [7, 11) is 0. The lowest BCUT2D eigenvalue weighted by Crippen LogP contribution is -2.44. The third kappa shape index (κ3) is 5.55. The highest BCUT2D eigenvalue weighted by molar-refractivity contribution is 7.10. The first kappa shape index (κ1) is 20.9. The molecular formula is C20H27ClN2O2S. The second kappa shape index (κ2) is 10.1. The first-order valence-electron chi connectivity index (χ1n) is 8.87. The van der Waals surface area contributed by atoms with Gasteiger partial charge >= 0.3 is 0 Å². The van der Waals surface area contributed by atoms with E-state index in [-0.39, 0.29) is 30.4 Å². The molecule has 2 atom stereocenters. The van der Waals surface area contributed by atoms with Crippen molar-refractivity contribution in [3.8, 4) is 0 Å². The minimum atomic E-state index is -0.0989. The fourth-order valence-corrected chi connectivity index (χ4v) is 3.84. The molecule has 0 spiro atoms. The van der Waals surface area contributed by atoms with Crippen LogP contribution in [0.3, 0.4) is 0 Å². The lowest BCUT2D eigenvalue weighted by Gasteiger charge is -2.25. The molecule has 2 aromatic rings. The Bertz CT molecular complexity index is 668. The largest absolute Gasteiger partial charge is 0.378 e. The highest BCUT2D eigenvalue weighted by Crippen LogP contribution is 2.27. The summed E-state index contributed by atoms with van der Waals surface area (Å²) in [6.07, 6.45) is 0.436. The van der Waals surface area contributed by atoms with E-state index in [1.165, 1.54) is 5.56 Å². The number of nitrogens with one attached hydrogen (secondary N) is 2. The lowest BCUT2D eigenvalue weighted by atomic mass is 9.98. The van der Waals surface area contributed by atoms with Crippen molar-refractivity contribution >= 4 is 29.7 Å². The maximum atomic E-state index is 12.6. The van der Waals surface area contributed by atoms with E-state index in [0.29, 0.717) is 18.9 Å². The van der Waals surface area contributed by atoms with Crippen LogP contribution in [0.5, 0.6) is 0 Å². The van der Waals surface area contributed by atoms with E-state index in [2.05, 4.69) is 54.8 Å². The van der Waals surface area contributed by atoms with Crippen LogP contribution in [0.1, 0.15) is 48.2 Å². The smallest absolute Gasteiger partial charge is 0.222 e. The van der Waals surface area contributed by atoms with Crippen LogP contribution in [-0.4, -0.2) is 31.7 Å². The fraction of sp³-hybridized carbons (Fsp3) is 0.450. The molecule has 1 aromatic carbocycles. The zero-order valence-corrected chi connectivity index (χ0v) is 16.9. The number of morpholine rings is 1. The Hall–Kier alpha value is -1.40. The van der Waals surface area contributed by atoms with Crippen molar-refractivity contribution in [3.05, 3.63) is 57.8 Å². The number of amides is 1. The molecule has 1 fully saturated rings. The van der Waals surface area contributed by atoms with Crippen molar-refractivity contribution in [1.82, 2.24) is 10.6 Å². The van der Waals surface area contributed by atoms with Crippen molar-refractivity contribution in [2.24, 2.45) is 0 Å². The van der Waals surface area contributed by atoms with Gasteiger partial charge < -0.3 is 15.4 Å². The van der Waals surface area contributed by atoms with Gasteiger partial charge in [0.25, 0.3) is 0 Å². The summed E-state index contributed by atoms with van der Waals surface area (Å²) in [6.45, 7) is 6.50. The molecule has 0 aliphatic carbocycles. The Kier molecular flexibility index (Phi) is 8.10. The van der Waals surface area contributed by atoms with Gasteiger partial charge in [-0.1, -0.05) is 44.2 Å². The van der Waals surface area contributed by atoms with Crippen molar-refractivity contribution in [2.75, 3.05) is 19.8 Å². The summed E-state index contributed by atoms with van der Waals surface area (Å²) in [5, 5.41) is 8.59. The number of benzene rings is 1. The van der Waals surface area contributed by atoms with E-state index in [0.717, 1.165) is 23.6 Å². The topological polar surface area (TPSA) is 50.4 Å². The van der Waals surface area contributed by atoms with Gasteiger partial charge in [-0.2, -0.15) is 0 Å². The van der Waals surface area contributed by atoms with Gasteiger partial charge in [0.1, 0.15) is 0 Å². The van der Waals surface area contributed by atoms with Gasteiger partial charge in [0, 0.05) is 23.9 Å². The molecular weight excluding hydrogens is 368 g/mol. The summed E-state index contributed by atoms with van der Waals surface area (Å²) in [5.41, 5.74) is 2.43. The Morgan fingerprint density at radius 2 is 2.00 bits per heavy atom. The van der Waals surface area contributed by atoms with Gasteiger partial charge in [0.15, 0.2) is 0 Å². The first-order valence-corrected chi connectivity index (χ1v) is 9.75. The predicted molar refractivity (Wildman–Crippen MR) is 109 cm³/mol. The second-order valence-electron chi connectivity index (χ2n) is 6.77. The molecule has 2 N–H and O–H groups in total. The number of hydrogen-bond acceptors (Lipinski definition) is 4. The number of rotatable bonds is 6. The lowest BCUT2D eigenvalue weighted by molar-refractivity contribution is -0.122. The summed E-state index contributed by atoms with van der Waals surface area (Å²) in [5.74, 6) is 0.551. The monoisotopic (exact) mass is 394 g/mol. The number of thiophene rings is 1. The van der Waals surface area contributed by atoms with Crippen molar-refractivity contribution in [3.63, 3.8) is 0 Å². The number of carbonyl (C=O) groups excluding carboxylic acids is 1. The van der Waals surface area contributed by atoms with Gasteiger partial charge in [-0.3, -0.25) is 4.79 Å². The third-order valence-corrected chi connectivity index (χ3v) is 5.44. The van der Waals surface area contributed by atoms with Gasteiger partial charge in [0.05, 0.1) is 19.3 Å². The molecule has 6 heteroatoms. The van der Waals surface area contributed by atoms with Gasteiger partial charge in [-0.25, -0.2) is 0 Å². The molecule has 1 saturated heterocycles. The molecule has 142 valence electrons. The highest BCUT2D eigenvalue weighted by Gasteiger charge is 2.22. The zero-order chi connectivity index (χ0) is 17.6. The van der Waals surface area contributed by atoms with E-state index in [9.17, 15) is 4.79 Å². The molecule has 1 aromatic heterocycles. The van der Waals surface area contributed by atoms with Gasteiger partial charge in [-0.05, 0) is 28.5 Å². The van der Waals surface area contributed by atoms with E-state index >= 15 is 0 Å². The van der Waals surface area contributed by atoms with Crippen molar-refractivity contribution in [1.29, 1.82) is 0 Å². The highest BCUT2D eigenvalue weighted by atomic mass is 35.5. The molecule has 1 aliphatic heterocycles. The van der Waals surface area contributed by atoms with Crippen LogP contribution in [-0.2, 0) is 9.53 Å². The van der Waals surface area contributed by atoms with Crippen LogP contribution < -0.4 is 10.6 Å². The zero-order valence-electron chi connectivity index (χ0n) is 15.2. The van der Waals surface area contributed by atoms with Crippen LogP contribution in [0.4, 0.5) is 0 Å². The molecule has 26 heavy (non-hydrogen) atoms. The first-order chi connectivity index (χ1) is 12.1. The standard InChI is InChI=1S/C20H26N2O2S.ClH/c1-14(2)15-5-7-16(8-6-15)20(18-4-3-11-25-18)22-19(23)12-17-13-24-10-9-21-17;/h3-8,11,14,17,20-21H,9-10,12-13H2,1-2H3,(H,22,23);1H. The number of carbonyl (C=O) groups is 1. The average molecular weight is 395 g/mol. The number of ether oxygens (including phenoxy) is 1. The molecule has 1 aliphatic rings. The van der Waals surface area contributed by atoms with Crippen LogP contribution in [0.25, 0.3) is 0 Å². The quantitative estimate of drug-likeness (QED) is 0.781. The Balaban J connectivity index is 0.00000243. The predicted octanol–water partition coefficient (Wildman–Crippen LogP) is 3.88. The minimum Gasteiger partial charge on any atom is -0.378 e. The molecule has 0 saturated carbocycles. The Morgan fingerprint density at radius 3 is 2.58 bits per heavy atom. The van der Waals surface area contributed by atoms with Gasteiger partial charge in [0.2, 0.25) is 5.91 Å². The second-order valence-corrected chi connectivity index (χ2v) is 7.75. The summed E-state index contributed by atoms with van der Waals surface area (Å²) in [6, 6.07) is 12.7. The van der Waals surface area contributed by atoms with Crippen LogP contribution >= 0.6 is 23.7 Å². The molecule has 4 nitrogen and oxygen atoms in total. The van der Waals surface area contributed by atoms with Crippen LogP contribution in [0.15, 0.2) is 41.8 Å². The normalized spacial score (nSPS) is 18.2. The Labute approximate surface area is 165 Å². The molecule has 0 bridgehead atoms. The molecule has 3 rings (SSSR count). The van der Waals surface area contributed by atoms with Crippen molar-refractivity contribution in [2.45, 2.75) is 38.3 Å². The third-order valence-electron chi connectivity index (χ3n) is 4.50. The van der Waals surface area contributed by atoms with Crippen molar-refractivity contribution < 1.29 is 9.53 Å². The molecule has 2 unspecified atom stereocenters. The van der Waals surface area contributed by atoms with E-state index in [1.807, 2.05) is 11.4 Å². The summed E-state index contributed by atoms with van der Waals surface area (Å²) < 4.78 is 5.44. The van der Waals surface area contributed by atoms with E-state index < -0.39 is 0 Å². The van der Waals surface area contributed by atoms with Gasteiger partial charge in [-0.15, -0.1) is 23.7 Å². The maximum Gasteiger partial charge on any atom is 0.222 e. The number of halogens is 1. The maximum absolute atomic E-state index is 12.6. The van der Waals surface area contributed by atoms with E-state index in [4.69, 9.17) is 4.74 Å². The fourth-order valence-electron chi connectivity index (χ4n) is 3.04. The SMILES string of the molecule is CC(C)c1ccc(C(NC(=O)CC2COCCN2)c2cccs2)cc1.Cl. The molecule has 2 heterocycles. The molecule has 0 radical (unpaired) electrons.